The molecule has 0 aliphatic carbocycles. The van der Waals surface area contributed by atoms with Gasteiger partial charge in [0.2, 0.25) is 0 Å². The molecule has 1 heteroatoms. The van der Waals surface area contributed by atoms with E-state index in [1.807, 2.05) is 0 Å². The van der Waals surface area contributed by atoms with Crippen molar-refractivity contribution in [1.29, 1.82) is 0 Å². The van der Waals surface area contributed by atoms with E-state index < -0.39 is 0 Å². The molecular weight excluding hydrogens is 218 g/mol. The first kappa shape index (κ1) is 11.5. The van der Waals surface area contributed by atoms with Crippen LogP contribution in [0.5, 0.6) is 0 Å². The molecule has 0 amide bonds. The summed E-state index contributed by atoms with van der Waals surface area (Å²) in [6.45, 7) is 4.35. The van der Waals surface area contributed by atoms with E-state index in [2.05, 4.69) is 67.4 Å². The molecule has 3 rings (SSSR count). The molecule has 1 aliphatic rings. The summed E-state index contributed by atoms with van der Waals surface area (Å²) in [6, 6.07) is 17.7. The summed E-state index contributed by atoms with van der Waals surface area (Å²) >= 11 is 0. The normalized spacial score (nSPS) is 19.6. The summed E-state index contributed by atoms with van der Waals surface area (Å²) in [5.74, 6) is 0.514. The van der Waals surface area contributed by atoms with Crippen molar-refractivity contribution in [3.63, 3.8) is 0 Å². The molecule has 0 saturated heterocycles. The molecule has 1 heterocycles. The van der Waals surface area contributed by atoms with Crippen LogP contribution in [-0.4, -0.2) is 18.5 Å². The average Bonchev–Trinajstić information content (AvgIpc) is 2.38. The Kier molecular flexibility index (Phi) is 2.92. The Morgan fingerprint density at radius 3 is 2.61 bits per heavy atom. The average molecular weight is 237 g/mol. The van der Waals surface area contributed by atoms with Gasteiger partial charge in [0.1, 0.15) is 0 Å². The topological polar surface area (TPSA) is 3.24 Å². The molecule has 0 bridgehead atoms. The molecule has 92 valence electrons. The molecular formula is C17H19N. The SMILES string of the molecule is Cc1ccc2c(c1)CN(C)C[C@H]2c1ccccc1. The van der Waals surface area contributed by atoms with Gasteiger partial charge in [0.05, 0.1) is 0 Å². The molecule has 18 heavy (non-hydrogen) atoms. The van der Waals surface area contributed by atoms with Gasteiger partial charge in [-0.2, -0.15) is 0 Å². The molecule has 1 atom stereocenters. The summed E-state index contributed by atoms with van der Waals surface area (Å²) in [5.41, 5.74) is 5.77. The maximum absolute atomic E-state index is 2.42. The first-order valence-corrected chi connectivity index (χ1v) is 6.57. The van der Waals surface area contributed by atoms with Crippen LogP contribution < -0.4 is 0 Å². The van der Waals surface area contributed by atoms with Crippen LogP contribution in [0, 0.1) is 6.92 Å². The van der Waals surface area contributed by atoms with E-state index >= 15 is 0 Å². The van der Waals surface area contributed by atoms with Crippen molar-refractivity contribution in [1.82, 2.24) is 4.90 Å². The third-order valence-corrected chi connectivity index (χ3v) is 3.81. The van der Waals surface area contributed by atoms with Gasteiger partial charge in [0.15, 0.2) is 0 Å². The Labute approximate surface area is 109 Å². The van der Waals surface area contributed by atoms with Crippen LogP contribution in [0.25, 0.3) is 0 Å². The molecule has 0 N–H and O–H groups in total. The second-order valence-electron chi connectivity index (χ2n) is 5.36. The maximum Gasteiger partial charge on any atom is 0.0234 e. The van der Waals surface area contributed by atoms with Crippen LogP contribution in [-0.2, 0) is 6.54 Å². The van der Waals surface area contributed by atoms with Crippen molar-refractivity contribution in [3.8, 4) is 0 Å². The number of hydrogen-bond donors (Lipinski definition) is 0. The van der Waals surface area contributed by atoms with E-state index in [0.717, 1.165) is 13.1 Å². The van der Waals surface area contributed by atoms with Crippen molar-refractivity contribution in [2.75, 3.05) is 13.6 Å². The molecule has 2 aromatic rings. The first-order valence-electron chi connectivity index (χ1n) is 6.57. The van der Waals surface area contributed by atoms with Crippen molar-refractivity contribution >= 4 is 0 Å². The minimum Gasteiger partial charge on any atom is -0.301 e. The molecule has 0 aromatic heterocycles. The zero-order valence-corrected chi connectivity index (χ0v) is 11.1. The Morgan fingerprint density at radius 2 is 1.83 bits per heavy atom. The van der Waals surface area contributed by atoms with Crippen LogP contribution in [0.3, 0.4) is 0 Å². The summed E-state index contributed by atoms with van der Waals surface area (Å²) in [6.07, 6.45) is 0. The van der Waals surface area contributed by atoms with Gasteiger partial charge in [-0.1, -0.05) is 54.1 Å². The molecule has 0 unspecified atom stereocenters. The molecule has 0 spiro atoms. The largest absolute Gasteiger partial charge is 0.301 e. The van der Waals surface area contributed by atoms with Gasteiger partial charge in [0.25, 0.3) is 0 Å². The Balaban J connectivity index is 2.08. The molecule has 0 saturated carbocycles. The highest BCUT2D eigenvalue weighted by Crippen LogP contribution is 2.33. The second-order valence-corrected chi connectivity index (χ2v) is 5.36. The van der Waals surface area contributed by atoms with Gasteiger partial charge < -0.3 is 4.90 Å². The third-order valence-electron chi connectivity index (χ3n) is 3.81. The van der Waals surface area contributed by atoms with Crippen molar-refractivity contribution in [3.05, 3.63) is 70.8 Å². The van der Waals surface area contributed by atoms with E-state index in [1.165, 1.54) is 22.3 Å². The van der Waals surface area contributed by atoms with Gasteiger partial charge in [-0.3, -0.25) is 0 Å². The van der Waals surface area contributed by atoms with Crippen molar-refractivity contribution < 1.29 is 0 Å². The van der Waals surface area contributed by atoms with Gasteiger partial charge in [0, 0.05) is 19.0 Å². The summed E-state index contributed by atoms with van der Waals surface area (Å²) in [4.78, 5) is 2.42. The zero-order valence-electron chi connectivity index (χ0n) is 11.1. The summed E-state index contributed by atoms with van der Waals surface area (Å²) < 4.78 is 0. The molecule has 0 fully saturated rings. The molecule has 0 radical (unpaired) electrons. The monoisotopic (exact) mass is 237 g/mol. The predicted molar refractivity (Wildman–Crippen MR) is 75.8 cm³/mol. The van der Waals surface area contributed by atoms with Crippen LogP contribution in [0.1, 0.15) is 28.2 Å². The Bertz CT molecular complexity index is 545. The number of likely N-dealkylation sites (N-methyl/N-ethyl adjacent to an activating group) is 1. The lowest BCUT2D eigenvalue weighted by atomic mass is 9.84. The highest BCUT2D eigenvalue weighted by molar-refractivity contribution is 5.42. The summed E-state index contributed by atoms with van der Waals surface area (Å²) in [7, 11) is 2.21. The van der Waals surface area contributed by atoms with Crippen LogP contribution in [0.2, 0.25) is 0 Å². The number of rotatable bonds is 1. The smallest absolute Gasteiger partial charge is 0.0234 e. The second kappa shape index (κ2) is 4.58. The third kappa shape index (κ3) is 2.06. The number of aryl methyl sites for hydroxylation is 1. The quantitative estimate of drug-likeness (QED) is 0.733. The van der Waals surface area contributed by atoms with Gasteiger partial charge in [-0.15, -0.1) is 0 Å². The fraction of sp³-hybridized carbons (Fsp3) is 0.294. The lowest BCUT2D eigenvalue weighted by Gasteiger charge is -2.32. The fourth-order valence-corrected chi connectivity index (χ4v) is 2.95. The molecule has 1 aliphatic heterocycles. The summed E-state index contributed by atoms with van der Waals surface area (Å²) in [5, 5.41) is 0. The van der Waals surface area contributed by atoms with E-state index in [-0.39, 0.29) is 0 Å². The molecule has 1 nitrogen and oxygen atoms in total. The van der Waals surface area contributed by atoms with E-state index in [0.29, 0.717) is 5.92 Å². The van der Waals surface area contributed by atoms with Crippen LogP contribution >= 0.6 is 0 Å². The highest BCUT2D eigenvalue weighted by atomic mass is 15.1. The van der Waals surface area contributed by atoms with Crippen LogP contribution in [0.15, 0.2) is 48.5 Å². The minimum atomic E-state index is 0.514. The van der Waals surface area contributed by atoms with Gasteiger partial charge in [-0.25, -0.2) is 0 Å². The van der Waals surface area contributed by atoms with Gasteiger partial charge >= 0.3 is 0 Å². The minimum absolute atomic E-state index is 0.514. The van der Waals surface area contributed by atoms with Gasteiger partial charge in [-0.05, 0) is 30.7 Å². The lowest BCUT2D eigenvalue weighted by molar-refractivity contribution is 0.295. The van der Waals surface area contributed by atoms with E-state index in [4.69, 9.17) is 0 Å². The standard InChI is InChI=1S/C17H19N/c1-13-8-9-16-15(10-13)11-18(2)12-17(16)14-6-4-3-5-7-14/h3-10,17H,11-12H2,1-2H3/t17-/m0/s1. The number of fused-ring (bicyclic) bond motifs is 1. The maximum atomic E-state index is 2.42. The lowest BCUT2D eigenvalue weighted by Crippen LogP contribution is -2.31. The van der Waals surface area contributed by atoms with E-state index in [9.17, 15) is 0 Å². The number of hydrogen-bond acceptors (Lipinski definition) is 1. The Morgan fingerprint density at radius 1 is 1.06 bits per heavy atom. The zero-order chi connectivity index (χ0) is 12.5. The first-order chi connectivity index (χ1) is 8.74. The highest BCUT2D eigenvalue weighted by Gasteiger charge is 2.24. The fourth-order valence-electron chi connectivity index (χ4n) is 2.95. The van der Waals surface area contributed by atoms with Crippen molar-refractivity contribution in [2.24, 2.45) is 0 Å². The predicted octanol–water partition coefficient (Wildman–Crippen LogP) is 3.57. The van der Waals surface area contributed by atoms with Crippen LogP contribution in [0.4, 0.5) is 0 Å². The van der Waals surface area contributed by atoms with Crippen molar-refractivity contribution in [2.45, 2.75) is 19.4 Å². The Hall–Kier alpha value is -1.60. The number of benzene rings is 2. The van der Waals surface area contributed by atoms with E-state index in [1.54, 1.807) is 0 Å². The number of nitrogens with zero attached hydrogens (tertiary/aromatic N) is 1. The molecule has 2 aromatic carbocycles.